The van der Waals surface area contributed by atoms with Crippen molar-refractivity contribution < 1.29 is 18.7 Å². The predicted molar refractivity (Wildman–Crippen MR) is 119 cm³/mol. The van der Waals surface area contributed by atoms with Gasteiger partial charge in [0.15, 0.2) is 5.58 Å². The first-order chi connectivity index (χ1) is 15.5. The van der Waals surface area contributed by atoms with E-state index in [0.29, 0.717) is 29.7 Å². The van der Waals surface area contributed by atoms with Gasteiger partial charge in [0, 0.05) is 58.4 Å². The molecule has 1 aromatic heterocycles. The second-order valence-corrected chi connectivity index (χ2v) is 8.59. The van der Waals surface area contributed by atoms with E-state index in [9.17, 15) is 14.4 Å². The number of carbonyl (C=O) groups is 2. The Morgan fingerprint density at radius 3 is 2.50 bits per heavy atom. The van der Waals surface area contributed by atoms with Crippen LogP contribution in [0, 0.1) is 0 Å². The van der Waals surface area contributed by atoms with Crippen LogP contribution in [0.1, 0.15) is 32.6 Å². The molecule has 3 heterocycles. The maximum atomic E-state index is 12.6. The van der Waals surface area contributed by atoms with Gasteiger partial charge in [0.25, 0.3) is 0 Å². The Morgan fingerprint density at radius 1 is 1.09 bits per heavy atom. The molecule has 0 radical (unpaired) electrons. The number of likely N-dealkylation sites (tertiary alicyclic amines) is 1. The lowest BCUT2D eigenvalue weighted by Crippen LogP contribution is -2.53. The van der Waals surface area contributed by atoms with Crippen LogP contribution >= 0.6 is 0 Å². The molecule has 2 aliphatic rings. The molecule has 0 aliphatic carbocycles. The van der Waals surface area contributed by atoms with E-state index < -0.39 is 5.76 Å². The van der Waals surface area contributed by atoms with Gasteiger partial charge in [-0.1, -0.05) is 12.1 Å². The van der Waals surface area contributed by atoms with Crippen LogP contribution in [0.4, 0.5) is 0 Å². The highest BCUT2D eigenvalue weighted by Gasteiger charge is 2.31. The first-order valence-electron chi connectivity index (χ1n) is 11.5. The van der Waals surface area contributed by atoms with E-state index in [0.717, 1.165) is 58.5 Å². The first-order valence-corrected chi connectivity index (χ1v) is 11.5. The van der Waals surface area contributed by atoms with Crippen molar-refractivity contribution in [1.29, 1.82) is 0 Å². The number of hydrogen-bond donors (Lipinski definition) is 1. The lowest BCUT2D eigenvalue weighted by molar-refractivity contribution is -0.130. The summed E-state index contributed by atoms with van der Waals surface area (Å²) in [6.45, 7) is 5.89. The number of carbonyl (C=O) groups excluding carboxylic acids is 2. The molecule has 174 valence electrons. The molecular formula is C23H32N4O5. The molecule has 2 saturated heterocycles. The Kier molecular flexibility index (Phi) is 7.26. The summed E-state index contributed by atoms with van der Waals surface area (Å²) < 4.78 is 12.1. The summed E-state index contributed by atoms with van der Waals surface area (Å²) in [5, 5.41) is 2.97. The molecule has 4 rings (SSSR count). The Bertz CT molecular complexity index is 986. The average molecular weight is 445 g/mol. The topological polar surface area (TPSA) is 97.0 Å². The minimum Gasteiger partial charge on any atom is -0.408 e. The highest BCUT2D eigenvalue weighted by atomic mass is 16.5. The number of amides is 2. The van der Waals surface area contributed by atoms with Crippen LogP contribution in [-0.2, 0) is 20.9 Å². The summed E-state index contributed by atoms with van der Waals surface area (Å²) in [6, 6.07) is 7.92. The number of benzene rings is 1. The Morgan fingerprint density at radius 2 is 1.78 bits per heavy atom. The number of rotatable bonds is 7. The highest BCUT2D eigenvalue weighted by Crippen LogP contribution is 2.23. The minimum atomic E-state index is -0.526. The van der Waals surface area contributed by atoms with Crippen LogP contribution in [0.5, 0.6) is 0 Å². The quantitative estimate of drug-likeness (QED) is 0.689. The molecule has 0 atom stereocenters. The van der Waals surface area contributed by atoms with Crippen molar-refractivity contribution in [3.63, 3.8) is 0 Å². The van der Waals surface area contributed by atoms with Gasteiger partial charge in [-0.05, 0) is 37.8 Å². The number of piperidine rings is 1. The molecule has 9 nitrogen and oxygen atoms in total. The summed E-state index contributed by atoms with van der Waals surface area (Å²) >= 11 is 0. The molecule has 2 aliphatic heterocycles. The van der Waals surface area contributed by atoms with E-state index in [-0.39, 0.29) is 18.4 Å². The Labute approximate surface area is 187 Å². The van der Waals surface area contributed by atoms with Gasteiger partial charge >= 0.3 is 5.76 Å². The van der Waals surface area contributed by atoms with Gasteiger partial charge in [0.05, 0.1) is 5.52 Å². The summed E-state index contributed by atoms with van der Waals surface area (Å²) in [4.78, 5) is 40.8. The van der Waals surface area contributed by atoms with Gasteiger partial charge in [-0.2, -0.15) is 0 Å². The van der Waals surface area contributed by atoms with Crippen molar-refractivity contribution in [3.05, 3.63) is 34.8 Å². The van der Waals surface area contributed by atoms with Crippen molar-refractivity contribution in [2.75, 3.05) is 39.4 Å². The van der Waals surface area contributed by atoms with Crippen LogP contribution in [0.3, 0.4) is 0 Å². The summed E-state index contributed by atoms with van der Waals surface area (Å²) in [7, 11) is 0. The third kappa shape index (κ3) is 5.21. The standard InChI is InChI=1S/C23H32N4O5/c1-17(28)25-11-6-18(7-12-25)26(19-8-14-31-15-9-19)13-10-24-22(29)16-27-20-4-2-3-5-21(20)32-23(27)30/h2-5,18-19H,6-16H2,1H3,(H,24,29). The Hall–Kier alpha value is -2.65. The zero-order valence-corrected chi connectivity index (χ0v) is 18.6. The zero-order valence-electron chi connectivity index (χ0n) is 18.6. The fourth-order valence-corrected chi connectivity index (χ4v) is 4.88. The summed E-state index contributed by atoms with van der Waals surface area (Å²) in [5.41, 5.74) is 1.10. The fourth-order valence-electron chi connectivity index (χ4n) is 4.88. The second-order valence-electron chi connectivity index (χ2n) is 8.59. The normalized spacial score (nSPS) is 18.4. The van der Waals surface area contributed by atoms with Gasteiger partial charge in [0.1, 0.15) is 6.54 Å². The van der Waals surface area contributed by atoms with Gasteiger partial charge in [-0.3, -0.25) is 19.1 Å². The molecule has 2 aromatic rings. The highest BCUT2D eigenvalue weighted by molar-refractivity contribution is 5.79. The number of oxazole rings is 1. The number of nitrogens with zero attached hydrogens (tertiary/aromatic N) is 3. The average Bonchev–Trinajstić information content (AvgIpc) is 3.12. The predicted octanol–water partition coefficient (Wildman–Crippen LogP) is 1.20. The van der Waals surface area contributed by atoms with Crippen molar-refractivity contribution in [3.8, 4) is 0 Å². The van der Waals surface area contributed by atoms with Gasteiger partial charge < -0.3 is 19.4 Å². The number of ether oxygens (including phenoxy) is 1. The van der Waals surface area contributed by atoms with Crippen LogP contribution < -0.4 is 11.1 Å². The molecular weight excluding hydrogens is 412 g/mol. The number of para-hydroxylation sites is 2. The van der Waals surface area contributed by atoms with E-state index >= 15 is 0 Å². The molecule has 2 amide bonds. The molecule has 1 N–H and O–H groups in total. The van der Waals surface area contributed by atoms with Gasteiger partial charge in [-0.25, -0.2) is 4.79 Å². The maximum absolute atomic E-state index is 12.6. The lowest BCUT2D eigenvalue weighted by Gasteiger charge is -2.43. The molecule has 9 heteroatoms. The molecule has 0 unspecified atom stereocenters. The van der Waals surface area contributed by atoms with E-state index in [2.05, 4.69) is 10.2 Å². The lowest BCUT2D eigenvalue weighted by atomic mass is 9.98. The van der Waals surface area contributed by atoms with Crippen molar-refractivity contribution in [2.45, 2.75) is 51.2 Å². The molecule has 0 bridgehead atoms. The van der Waals surface area contributed by atoms with Crippen molar-refractivity contribution in [1.82, 2.24) is 19.7 Å². The number of hydrogen-bond acceptors (Lipinski definition) is 6. The summed E-state index contributed by atoms with van der Waals surface area (Å²) in [6.07, 6.45) is 3.86. The van der Waals surface area contributed by atoms with Crippen molar-refractivity contribution in [2.24, 2.45) is 0 Å². The Balaban J connectivity index is 1.34. The third-order valence-electron chi connectivity index (χ3n) is 6.61. The van der Waals surface area contributed by atoms with Crippen LogP contribution in [0.15, 0.2) is 33.5 Å². The van der Waals surface area contributed by atoms with Crippen LogP contribution in [0.2, 0.25) is 0 Å². The minimum absolute atomic E-state index is 0.0654. The van der Waals surface area contributed by atoms with Crippen LogP contribution in [0.25, 0.3) is 11.1 Å². The smallest absolute Gasteiger partial charge is 0.408 e. The molecule has 0 saturated carbocycles. The number of nitrogens with one attached hydrogen (secondary N) is 1. The van der Waals surface area contributed by atoms with Gasteiger partial charge in [0.2, 0.25) is 11.8 Å². The van der Waals surface area contributed by atoms with E-state index in [1.165, 1.54) is 4.57 Å². The number of fused-ring (bicyclic) bond motifs is 1. The molecule has 1 aromatic carbocycles. The van der Waals surface area contributed by atoms with Crippen molar-refractivity contribution >= 4 is 22.9 Å². The number of aromatic nitrogens is 1. The van der Waals surface area contributed by atoms with E-state index in [1.54, 1.807) is 25.1 Å². The van der Waals surface area contributed by atoms with E-state index in [1.807, 2.05) is 11.0 Å². The monoisotopic (exact) mass is 444 g/mol. The molecule has 0 spiro atoms. The maximum Gasteiger partial charge on any atom is 0.420 e. The van der Waals surface area contributed by atoms with E-state index in [4.69, 9.17) is 9.15 Å². The van der Waals surface area contributed by atoms with Gasteiger partial charge in [-0.15, -0.1) is 0 Å². The van der Waals surface area contributed by atoms with Crippen LogP contribution in [-0.4, -0.2) is 77.7 Å². The fraction of sp³-hybridized carbons (Fsp3) is 0.609. The first kappa shape index (κ1) is 22.5. The second kappa shape index (κ2) is 10.3. The third-order valence-corrected chi connectivity index (χ3v) is 6.61. The largest absolute Gasteiger partial charge is 0.420 e. The molecule has 32 heavy (non-hydrogen) atoms. The SMILES string of the molecule is CC(=O)N1CCC(N(CCNC(=O)Cn2c(=O)oc3ccccc32)C2CCOCC2)CC1. The zero-order chi connectivity index (χ0) is 22.5. The summed E-state index contributed by atoms with van der Waals surface area (Å²) in [5.74, 6) is -0.602. The molecule has 2 fully saturated rings.